The van der Waals surface area contributed by atoms with Gasteiger partial charge in [0.2, 0.25) is 5.91 Å². The van der Waals surface area contributed by atoms with Crippen LogP contribution in [0, 0.1) is 13.8 Å². The maximum atomic E-state index is 12.3. The molecule has 28 heavy (non-hydrogen) atoms. The van der Waals surface area contributed by atoms with Crippen molar-refractivity contribution in [3.63, 3.8) is 0 Å². The van der Waals surface area contributed by atoms with Gasteiger partial charge in [0.05, 0.1) is 11.6 Å². The molecule has 0 aliphatic rings. The molecule has 0 aliphatic carbocycles. The van der Waals surface area contributed by atoms with Gasteiger partial charge in [0.1, 0.15) is 10.7 Å². The Labute approximate surface area is 164 Å². The summed E-state index contributed by atoms with van der Waals surface area (Å²) in [5.41, 5.74) is 2.31. The van der Waals surface area contributed by atoms with Crippen LogP contribution in [-0.4, -0.2) is 20.9 Å². The number of carbonyl (C=O) groups is 1. The Morgan fingerprint density at radius 2 is 2.18 bits per heavy atom. The number of oxazole rings is 1. The van der Waals surface area contributed by atoms with E-state index < -0.39 is 0 Å². The summed E-state index contributed by atoms with van der Waals surface area (Å²) >= 11 is 1.50. The van der Waals surface area contributed by atoms with E-state index in [0.717, 1.165) is 16.0 Å². The van der Waals surface area contributed by atoms with E-state index in [4.69, 9.17) is 4.42 Å². The van der Waals surface area contributed by atoms with Crippen LogP contribution in [-0.2, 0) is 11.2 Å². The number of nitrogens with one attached hydrogen (secondary N) is 2. The van der Waals surface area contributed by atoms with Crippen LogP contribution in [0.4, 0.5) is 5.69 Å². The second-order valence-electron chi connectivity index (χ2n) is 6.47. The van der Waals surface area contributed by atoms with Crippen molar-refractivity contribution in [1.82, 2.24) is 15.0 Å². The van der Waals surface area contributed by atoms with E-state index in [2.05, 4.69) is 20.3 Å². The molecule has 0 saturated heterocycles. The molecule has 4 aromatic rings. The summed E-state index contributed by atoms with van der Waals surface area (Å²) in [5, 5.41) is 3.50. The predicted octanol–water partition coefficient (Wildman–Crippen LogP) is 3.83. The van der Waals surface area contributed by atoms with Gasteiger partial charge in [-0.3, -0.25) is 9.59 Å². The number of amides is 1. The minimum Gasteiger partial charge on any atom is -0.444 e. The molecule has 0 unspecified atom stereocenters. The lowest BCUT2D eigenvalue weighted by atomic mass is 10.1. The average Bonchev–Trinajstić information content (AvgIpc) is 3.29. The van der Waals surface area contributed by atoms with Crippen molar-refractivity contribution in [2.45, 2.75) is 26.7 Å². The second kappa shape index (κ2) is 7.40. The fourth-order valence-corrected chi connectivity index (χ4v) is 4.03. The lowest BCUT2D eigenvalue weighted by Crippen LogP contribution is -2.16. The number of hydrogen-bond acceptors (Lipinski definition) is 6. The van der Waals surface area contributed by atoms with Crippen LogP contribution in [0.3, 0.4) is 0 Å². The zero-order valence-electron chi connectivity index (χ0n) is 15.4. The lowest BCUT2D eigenvalue weighted by Gasteiger charge is -2.06. The molecular weight excluding hydrogens is 376 g/mol. The highest BCUT2D eigenvalue weighted by atomic mass is 32.1. The standard InChI is InChI=1S/C20H18N4O3S/c1-11-12(2)28-20-18(11)19(26)23-16(24-20)6-7-17(25)22-14-5-3-4-13(8-14)15-9-21-10-27-15/h3-5,8-10H,6-7H2,1-2H3,(H,22,25)(H,23,24,26). The minimum absolute atomic E-state index is 0.151. The Hall–Kier alpha value is -3.26. The molecule has 142 valence electrons. The smallest absolute Gasteiger partial charge is 0.259 e. The van der Waals surface area contributed by atoms with Gasteiger partial charge in [0.15, 0.2) is 12.2 Å². The Morgan fingerprint density at radius 3 is 2.96 bits per heavy atom. The molecule has 0 aliphatic heterocycles. The highest BCUT2D eigenvalue weighted by Crippen LogP contribution is 2.26. The van der Waals surface area contributed by atoms with Crippen molar-refractivity contribution in [2.24, 2.45) is 0 Å². The van der Waals surface area contributed by atoms with E-state index in [1.165, 1.54) is 17.7 Å². The summed E-state index contributed by atoms with van der Waals surface area (Å²) in [5.74, 6) is 0.994. The number of thiophene rings is 1. The van der Waals surface area contributed by atoms with Crippen LogP contribution in [0.25, 0.3) is 21.5 Å². The Kier molecular flexibility index (Phi) is 4.79. The predicted molar refractivity (Wildman–Crippen MR) is 109 cm³/mol. The highest BCUT2D eigenvalue weighted by Gasteiger charge is 2.13. The van der Waals surface area contributed by atoms with Gasteiger partial charge in [0.25, 0.3) is 5.56 Å². The summed E-state index contributed by atoms with van der Waals surface area (Å²) in [7, 11) is 0. The van der Waals surface area contributed by atoms with Crippen LogP contribution in [0.5, 0.6) is 0 Å². The normalized spacial score (nSPS) is 11.1. The fourth-order valence-electron chi connectivity index (χ4n) is 2.98. The van der Waals surface area contributed by atoms with Gasteiger partial charge < -0.3 is 14.7 Å². The Bertz CT molecular complexity index is 1210. The van der Waals surface area contributed by atoms with Crippen molar-refractivity contribution in [2.75, 3.05) is 5.32 Å². The molecule has 0 bridgehead atoms. The van der Waals surface area contributed by atoms with Crippen LogP contribution in [0.1, 0.15) is 22.7 Å². The zero-order valence-corrected chi connectivity index (χ0v) is 16.2. The van der Waals surface area contributed by atoms with Crippen LogP contribution in [0.2, 0.25) is 0 Å². The maximum Gasteiger partial charge on any atom is 0.259 e. The average molecular weight is 394 g/mol. The second-order valence-corrected chi connectivity index (χ2v) is 7.67. The number of H-pyrrole nitrogens is 1. The largest absolute Gasteiger partial charge is 0.444 e. The van der Waals surface area contributed by atoms with E-state index in [1.807, 2.05) is 32.0 Å². The summed E-state index contributed by atoms with van der Waals surface area (Å²) in [6.07, 6.45) is 3.55. The number of fused-ring (bicyclic) bond motifs is 1. The van der Waals surface area contributed by atoms with E-state index in [9.17, 15) is 9.59 Å². The molecule has 0 atom stereocenters. The first-order valence-electron chi connectivity index (χ1n) is 8.79. The molecule has 0 radical (unpaired) electrons. The Balaban J connectivity index is 1.44. The summed E-state index contributed by atoms with van der Waals surface area (Å²) in [6, 6.07) is 7.34. The first-order chi connectivity index (χ1) is 13.5. The van der Waals surface area contributed by atoms with E-state index >= 15 is 0 Å². The number of rotatable bonds is 5. The lowest BCUT2D eigenvalue weighted by molar-refractivity contribution is -0.116. The van der Waals surface area contributed by atoms with Crippen molar-refractivity contribution < 1.29 is 9.21 Å². The van der Waals surface area contributed by atoms with Gasteiger partial charge in [-0.2, -0.15) is 0 Å². The van der Waals surface area contributed by atoms with Crippen molar-refractivity contribution in [3.05, 3.63) is 63.5 Å². The van der Waals surface area contributed by atoms with Crippen molar-refractivity contribution in [1.29, 1.82) is 0 Å². The third-order valence-corrected chi connectivity index (χ3v) is 5.64. The molecule has 2 N–H and O–H groups in total. The first kappa shape index (κ1) is 18.1. The highest BCUT2D eigenvalue weighted by molar-refractivity contribution is 7.18. The van der Waals surface area contributed by atoms with Crippen LogP contribution < -0.4 is 10.9 Å². The molecule has 3 aromatic heterocycles. The molecule has 7 nitrogen and oxygen atoms in total. The van der Waals surface area contributed by atoms with Crippen LogP contribution in [0.15, 0.2) is 46.1 Å². The first-order valence-corrected chi connectivity index (χ1v) is 9.60. The maximum absolute atomic E-state index is 12.3. The molecule has 3 heterocycles. The number of aromatic amines is 1. The monoisotopic (exact) mass is 394 g/mol. The number of nitrogens with zero attached hydrogens (tertiary/aromatic N) is 2. The summed E-state index contributed by atoms with van der Waals surface area (Å²) in [4.78, 5) is 37.6. The Morgan fingerprint density at radius 1 is 1.32 bits per heavy atom. The zero-order chi connectivity index (χ0) is 19.7. The fraction of sp³-hybridized carbons (Fsp3) is 0.200. The SMILES string of the molecule is Cc1sc2nc(CCC(=O)Nc3cccc(-c4cnco4)c3)[nH]c(=O)c2c1C. The van der Waals surface area contributed by atoms with Crippen molar-refractivity contribution in [3.8, 4) is 11.3 Å². The van der Waals surface area contributed by atoms with Gasteiger partial charge in [-0.15, -0.1) is 11.3 Å². The molecule has 1 aromatic carbocycles. The van der Waals surface area contributed by atoms with Gasteiger partial charge in [-0.25, -0.2) is 9.97 Å². The molecule has 0 saturated carbocycles. The van der Waals surface area contributed by atoms with Gasteiger partial charge in [0, 0.05) is 29.0 Å². The number of hydrogen-bond donors (Lipinski definition) is 2. The molecule has 1 amide bonds. The number of benzene rings is 1. The molecular formula is C20H18N4O3S. The minimum atomic E-state index is -0.156. The van der Waals surface area contributed by atoms with E-state index in [0.29, 0.717) is 33.9 Å². The van der Waals surface area contributed by atoms with Gasteiger partial charge >= 0.3 is 0 Å². The quantitative estimate of drug-likeness (QED) is 0.536. The number of aryl methyl sites for hydroxylation is 3. The third kappa shape index (κ3) is 3.59. The van der Waals surface area contributed by atoms with Crippen molar-refractivity contribution >= 4 is 33.1 Å². The summed E-state index contributed by atoms with van der Waals surface area (Å²) in [6.45, 7) is 3.90. The number of carbonyl (C=O) groups excluding carboxylic acids is 1. The van der Waals surface area contributed by atoms with E-state index in [1.54, 1.807) is 12.3 Å². The molecule has 4 rings (SSSR count). The number of anilines is 1. The van der Waals surface area contributed by atoms with Gasteiger partial charge in [-0.1, -0.05) is 12.1 Å². The molecule has 0 fully saturated rings. The molecule has 0 spiro atoms. The van der Waals surface area contributed by atoms with E-state index in [-0.39, 0.29) is 17.9 Å². The van der Waals surface area contributed by atoms with Crippen LogP contribution >= 0.6 is 11.3 Å². The third-order valence-electron chi connectivity index (χ3n) is 4.54. The molecule has 8 heteroatoms. The summed E-state index contributed by atoms with van der Waals surface area (Å²) < 4.78 is 5.28. The van der Waals surface area contributed by atoms with Gasteiger partial charge in [-0.05, 0) is 31.5 Å². The number of aromatic nitrogens is 3. The topological polar surface area (TPSA) is 101 Å².